The molecule has 3 aromatic rings. The van der Waals surface area contributed by atoms with E-state index in [1.807, 2.05) is 39.2 Å². The Morgan fingerprint density at radius 2 is 1.77 bits per heavy atom. The second kappa shape index (κ2) is 10.2. The molecule has 1 aromatic heterocycles. The number of aromatic nitrogens is 2. The van der Waals surface area contributed by atoms with E-state index in [-0.39, 0.29) is 12.1 Å². The standard InChI is InChI=1S/C23H27N5OS/c1-16-6-8-18(9-7-16)21(28(3)4)15-26-22(29)27-20-11-10-19(14-17(20)2)30-23-24-12-5-13-25-23/h5-14,21H,15H2,1-4H3,(H2,26,27,29). The zero-order chi connectivity index (χ0) is 21.5. The first kappa shape index (κ1) is 21.8. The van der Waals surface area contributed by atoms with Crippen molar-refractivity contribution in [2.24, 2.45) is 0 Å². The van der Waals surface area contributed by atoms with Crippen LogP contribution in [0.3, 0.4) is 0 Å². The molecule has 2 N–H and O–H groups in total. The fourth-order valence-electron chi connectivity index (χ4n) is 3.03. The van der Waals surface area contributed by atoms with E-state index >= 15 is 0 Å². The molecule has 2 amide bonds. The average molecular weight is 422 g/mol. The summed E-state index contributed by atoms with van der Waals surface area (Å²) < 4.78 is 0. The van der Waals surface area contributed by atoms with Crippen LogP contribution in [-0.4, -0.2) is 41.5 Å². The SMILES string of the molecule is Cc1ccc(C(CNC(=O)Nc2ccc(Sc3ncccn3)cc2C)N(C)C)cc1. The lowest BCUT2D eigenvalue weighted by Gasteiger charge is -2.25. The third-order valence-corrected chi connectivity index (χ3v) is 5.62. The molecule has 30 heavy (non-hydrogen) atoms. The van der Waals surface area contributed by atoms with Gasteiger partial charge in [0.05, 0.1) is 6.04 Å². The number of nitrogens with zero attached hydrogens (tertiary/aromatic N) is 3. The van der Waals surface area contributed by atoms with E-state index in [0.29, 0.717) is 11.7 Å². The number of nitrogens with one attached hydrogen (secondary N) is 2. The monoisotopic (exact) mass is 421 g/mol. The molecule has 0 aliphatic heterocycles. The van der Waals surface area contributed by atoms with Gasteiger partial charge in [-0.25, -0.2) is 14.8 Å². The Labute approximate surface area is 182 Å². The number of urea groups is 1. The topological polar surface area (TPSA) is 70.1 Å². The van der Waals surface area contributed by atoms with Crippen molar-refractivity contribution in [2.75, 3.05) is 26.0 Å². The summed E-state index contributed by atoms with van der Waals surface area (Å²) in [5.41, 5.74) is 4.15. The van der Waals surface area contributed by atoms with Gasteiger partial charge >= 0.3 is 6.03 Å². The molecule has 0 aliphatic rings. The van der Waals surface area contributed by atoms with E-state index in [9.17, 15) is 4.79 Å². The van der Waals surface area contributed by atoms with Crippen LogP contribution in [0, 0.1) is 13.8 Å². The number of carbonyl (C=O) groups excluding carboxylic acids is 1. The van der Waals surface area contributed by atoms with Crippen LogP contribution in [0.4, 0.5) is 10.5 Å². The summed E-state index contributed by atoms with van der Waals surface area (Å²) in [5.74, 6) is 0. The van der Waals surface area contributed by atoms with Crippen LogP contribution in [0.5, 0.6) is 0 Å². The molecule has 7 heteroatoms. The van der Waals surface area contributed by atoms with Crippen molar-refractivity contribution in [1.29, 1.82) is 0 Å². The molecule has 0 saturated carbocycles. The lowest BCUT2D eigenvalue weighted by molar-refractivity contribution is 0.243. The van der Waals surface area contributed by atoms with E-state index in [1.54, 1.807) is 18.5 Å². The van der Waals surface area contributed by atoms with Gasteiger partial charge in [-0.05, 0) is 75.1 Å². The average Bonchev–Trinajstić information content (AvgIpc) is 2.72. The quantitative estimate of drug-likeness (QED) is 0.543. The number of benzene rings is 2. The Morgan fingerprint density at radius 1 is 1.07 bits per heavy atom. The minimum atomic E-state index is -0.219. The number of rotatable bonds is 7. The molecule has 0 aliphatic carbocycles. The molecule has 3 rings (SSSR count). The fraction of sp³-hybridized carbons (Fsp3) is 0.261. The summed E-state index contributed by atoms with van der Waals surface area (Å²) in [6.07, 6.45) is 3.44. The second-order valence-electron chi connectivity index (χ2n) is 7.34. The number of likely N-dealkylation sites (N-methyl/N-ethyl adjacent to an activating group) is 1. The number of aryl methyl sites for hydroxylation is 2. The first-order valence-electron chi connectivity index (χ1n) is 9.76. The third kappa shape index (κ3) is 6.05. The van der Waals surface area contributed by atoms with Crippen molar-refractivity contribution in [3.63, 3.8) is 0 Å². The van der Waals surface area contributed by atoms with Crippen LogP contribution in [0.2, 0.25) is 0 Å². The van der Waals surface area contributed by atoms with Crippen LogP contribution >= 0.6 is 11.8 Å². The van der Waals surface area contributed by atoms with E-state index in [0.717, 1.165) is 16.1 Å². The smallest absolute Gasteiger partial charge is 0.319 e. The van der Waals surface area contributed by atoms with Gasteiger partial charge in [-0.15, -0.1) is 0 Å². The molecule has 1 heterocycles. The van der Waals surface area contributed by atoms with E-state index in [4.69, 9.17) is 0 Å². The number of hydrogen-bond acceptors (Lipinski definition) is 5. The van der Waals surface area contributed by atoms with Crippen LogP contribution < -0.4 is 10.6 Å². The molecule has 0 spiro atoms. The molecule has 6 nitrogen and oxygen atoms in total. The minimum Gasteiger partial charge on any atom is -0.336 e. The summed E-state index contributed by atoms with van der Waals surface area (Å²) in [4.78, 5) is 24.1. The maximum Gasteiger partial charge on any atom is 0.319 e. The number of amides is 2. The zero-order valence-corrected chi connectivity index (χ0v) is 18.5. The van der Waals surface area contributed by atoms with Crippen LogP contribution in [0.15, 0.2) is 71.0 Å². The van der Waals surface area contributed by atoms with Crippen molar-refractivity contribution >= 4 is 23.5 Å². The minimum absolute atomic E-state index is 0.0992. The Balaban J connectivity index is 1.59. The highest BCUT2D eigenvalue weighted by atomic mass is 32.2. The zero-order valence-electron chi connectivity index (χ0n) is 17.7. The molecular formula is C23H27N5OS. The van der Waals surface area contributed by atoms with Gasteiger partial charge in [0, 0.05) is 29.5 Å². The van der Waals surface area contributed by atoms with E-state index in [2.05, 4.69) is 56.7 Å². The predicted octanol–water partition coefficient (Wildman–Crippen LogP) is 4.67. The Kier molecular flexibility index (Phi) is 7.43. The Morgan fingerprint density at radius 3 is 2.40 bits per heavy atom. The summed E-state index contributed by atoms with van der Waals surface area (Å²) in [7, 11) is 4.03. The molecule has 0 radical (unpaired) electrons. The van der Waals surface area contributed by atoms with E-state index < -0.39 is 0 Å². The lowest BCUT2D eigenvalue weighted by atomic mass is 10.0. The molecule has 0 bridgehead atoms. The maximum atomic E-state index is 12.5. The first-order chi connectivity index (χ1) is 14.4. The van der Waals surface area contributed by atoms with Crippen molar-refractivity contribution in [3.05, 3.63) is 77.6 Å². The Bertz CT molecular complexity index is 977. The van der Waals surface area contributed by atoms with Gasteiger partial charge in [-0.1, -0.05) is 29.8 Å². The highest BCUT2D eigenvalue weighted by molar-refractivity contribution is 7.99. The number of carbonyl (C=O) groups is 1. The number of hydrogen-bond donors (Lipinski definition) is 2. The van der Waals surface area contributed by atoms with Crippen molar-refractivity contribution in [1.82, 2.24) is 20.2 Å². The molecule has 156 valence electrons. The molecule has 1 atom stereocenters. The predicted molar refractivity (Wildman–Crippen MR) is 122 cm³/mol. The van der Waals surface area contributed by atoms with E-state index in [1.165, 1.54) is 22.9 Å². The lowest BCUT2D eigenvalue weighted by Crippen LogP contribution is -2.37. The van der Waals surface area contributed by atoms with Gasteiger partial charge in [-0.3, -0.25) is 0 Å². The normalized spacial score (nSPS) is 11.9. The highest BCUT2D eigenvalue weighted by Gasteiger charge is 2.15. The third-order valence-electron chi connectivity index (χ3n) is 4.74. The van der Waals surface area contributed by atoms with Crippen LogP contribution in [0.25, 0.3) is 0 Å². The summed E-state index contributed by atoms with van der Waals surface area (Å²) in [6, 6.07) is 16.0. The fourth-order valence-corrected chi connectivity index (χ4v) is 3.84. The van der Waals surface area contributed by atoms with Gasteiger partial charge < -0.3 is 15.5 Å². The van der Waals surface area contributed by atoms with Gasteiger partial charge in [0.2, 0.25) is 0 Å². The first-order valence-corrected chi connectivity index (χ1v) is 10.6. The van der Waals surface area contributed by atoms with Gasteiger partial charge in [0.1, 0.15) is 0 Å². The Hall–Kier alpha value is -2.90. The molecular weight excluding hydrogens is 394 g/mol. The van der Waals surface area contributed by atoms with Gasteiger partial charge in [0.15, 0.2) is 5.16 Å². The number of anilines is 1. The summed E-state index contributed by atoms with van der Waals surface area (Å²) in [6.45, 7) is 4.56. The summed E-state index contributed by atoms with van der Waals surface area (Å²) in [5, 5.41) is 6.63. The van der Waals surface area contributed by atoms with Crippen molar-refractivity contribution in [3.8, 4) is 0 Å². The van der Waals surface area contributed by atoms with Crippen molar-refractivity contribution in [2.45, 2.75) is 29.9 Å². The maximum absolute atomic E-state index is 12.5. The van der Waals surface area contributed by atoms with Gasteiger partial charge in [-0.2, -0.15) is 0 Å². The molecule has 1 unspecified atom stereocenters. The molecule has 2 aromatic carbocycles. The van der Waals surface area contributed by atoms with Gasteiger partial charge in [0.25, 0.3) is 0 Å². The molecule has 0 saturated heterocycles. The largest absolute Gasteiger partial charge is 0.336 e. The van der Waals surface area contributed by atoms with Crippen molar-refractivity contribution < 1.29 is 4.79 Å². The molecule has 0 fully saturated rings. The van der Waals surface area contributed by atoms with Crippen LogP contribution in [0.1, 0.15) is 22.7 Å². The highest BCUT2D eigenvalue weighted by Crippen LogP contribution is 2.28. The second-order valence-corrected chi connectivity index (χ2v) is 8.38. The summed E-state index contributed by atoms with van der Waals surface area (Å²) >= 11 is 1.49. The van der Waals surface area contributed by atoms with Crippen LogP contribution in [-0.2, 0) is 0 Å².